The molecule has 0 unspecified atom stereocenters. The lowest BCUT2D eigenvalue weighted by atomic mass is 10.1. The molecule has 0 saturated carbocycles. The lowest BCUT2D eigenvalue weighted by molar-refractivity contribution is 0.305. The van der Waals surface area contributed by atoms with Crippen molar-refractivity contribution < 1.29 is 13.5 Å². The lowest BCUT2D eigenvalue weighted by Gasteiger charge is -2.04. The van der Waals surface area contributed by atoms with Gasteiger partial charge in [-0.1, -0.05) is 0 Å². The fourth-order valence-electron chi connectivity index (χ4n) is 1.90. The average Bonchev–Trinajstić information content (AvgIpc) is 2.80. The number of fused-ring (bicyclic) bond motifs is 1. The maximum atomic E-state index is 12.8. The smallest absolute Gasteiger partial charge is 0.134 e. The van der Waals surface area contributed by atoms with Crippen LogP contribution >= 0.6 is 0 Å². The normalized spacial score (nSPS) is 10.8. The van der Waals surface area contributed by atoms with Crippen LogP contribution in [-0.4, -0.2) is 0 Å². The molecule has 3 rings (SSSR count). The van der Waals surface area contributed by atoms with Crippen LogP contribution < -0.4 is 10.5 Å². The van der Waals surface area contributed by atoms with Crippen molar-refractivity contribution >= 4 is 16.7 Å². The molecule has 19 heavy (non-hydrogen) atoms. The molecule has 4 heteroatoms. The second kappa shape index (κ2) is 4.65. The molecule has 0 radical (unpaired) electrons. The molecule has 96 valence electrons. The van der Waals surface area contributed by atoms with Crippen LogP contribution in [0.5, 0.6) is 5.75 Å². The Labute approximate surface area is 109 Å². The second-order valence-corrected chi connectivity index (χ2v) is 4.26. The molecule has 3 aromatic rings. The fourth-order valence-corrected chi connectivity index (χ4v) is 1.90. The monoisotopic (exact) mass is 257 g/mol. The molecule has 2 N–H and O–H groups in total. The SMILES string of the molecule is Nc1ccc2occ(COc3ccc(F)cc3)c2c1. The molecule has 2 aromatic carbocycles. The lowest BCUT2D eigenvalue weighted by Crippen LogP contribution is -1.94. The standard InChI is InChI=1S/C15H12FNO2/c16-11-1-4-13(5-2-11)18-8-10-9-19-15-6-3-12(17)7-14(10)15/h1-7,9H,8,17H2. The minimum Gasteiger partial charge on any atom is -0.489 e. The Hall–Kier alpha value is -2.49. The van der Waals surface area contributed by atoms with E-state index in [-0.39, 0.29) is 5.82 Å². The molecule has 0 bridgehead atoms. The first kappa shape index (κ1) is 11.6. The average molecular weight is 257 g/mol. The largest absolute Gasteiger partial charge is 0.489 e. The van der Waals surface area contributed by atoms with Crippen molar-refractivity contribution in [2.24, 2.45) is 0 Å². The molecule has 0 aliphatic rings. The third-order valence-corrected chi connectivity index (χ3v) is 2.89. The summed E-state index contributed by atoms with van der Waals surface area (Å²) in [6.07, 6.45) is 1.65. The first-order valence-corrected chi connectivity index (χ1v) is 5.86. The van der Waals surface area contributed by atoms with Crippen molar-refractivity contribution in [1.29, 1.82) is 0 Å². The Morgan fingerprint density at radius 3 is 2.68 bits per heavy atom. The van der Waals surface area contributed by atoms with Crippen LogP contribution in [0.1, 0.15) is 5.56 Å². The number of ether oxygens (including phenoxy) is 1. The summed E-state index contributed by atoms with van der Waals surface area (Å²) in [6.45, 7) is 0.349. The van der Waals surface area contributed by atoms with Gasteiger partial charge in [0.2, 0.25) is 0 Å². The van der Waals surface area contributed by atoms with Gasteiger partial charge in [0.1, 0.15) is 23.8 Å². The van der Waals surface area contributed by atoms with Gasteiger partial charge in [0.05, 0.1) is 6.26 Å². The van der Waals surface area contributed by atoms with Crippen molar-refractivity contribution in [1.82, 2.24) is 0 Å². The van der Waals surface area contributed by atoms with Crippen molar-refractivity contribution in [2.45, 2.75) is 6.61 Å². The number of furan rings is 1. The summed E-state index contributed by atoms with van der Waals surface area (Å²) in [5.74, 6) is 0.327. The predicted molar refractivity (Wildman–Crippen MR) is 71.4 cm³/mol. The summed E-state index contributed by atoms with van der Waals surface area (Å²) in [7, 11) is 0. The Morgan fingerprint density at radius 2 is 1.89 bits per heavy atom. The highest BCUT2D eigenvalue weighted by Gasteiger charge is 2.07. The van der Waals surface area contributed by atoms with E-state index < -0.39 is 0 Å². The van der Waals surface area contributed by atoms with Gasteiger partial charge in [-0.25, -0.2) is 4.39 Å². The molecule has 0 aliphatic carbocycles. The minimum atomic E-state index is -0.283. The van der Waals surface area contributed by atoms with Crippen LogP contribution in [0.4, 0.5) is 10.1 Å². The van der Waals surface area contributed by atoms with Crippen molar-refractivity contribution in [3.63, 3.8) is 0 Å². The number of hydrogen-bond donors (Lipinski definition) is 1. The fraction of sp³-hybridized carbons (Fsp3) is 0.0667. The molecule has 0 aliphatic heterocycles. The Morgan fingerprint density at radius 1 is 1.11 bits per heavy atom. The van der Waals surface area contributed by atoms with Gasteiger partial charge in [-0.2, -0.15) is 0 Å². The van der Waals surface area contributed by atoms with Crippen LogP contribution in [0.2, 0.25) is 0 Å². The van der Waals surface area contributed by atoms with Crippen LogP contribution in [-0.2, 0) is 6.61 Å². The Bertz CT molecular complexity index is 704. The van der Waals surface area contributed by atoms with Gasteiger partial charge in [-0.05, 0) is 42.5 Å². The molecule has 3 nitrogen and oxygen atoms in total. The first-order chi connectivity index (χ1) is 9.22. The van der Waals surface area contributed by atoms with Crippen LogP contribution in [0.25, 0.3) is 11.0 Å². The van der Waals surface area contributed by atoms with Crippen molar-refractivity contribution in [3.8, 4) is 5.75 Å². The topological polar surface area (TPSA) is 48.4 Å². The maximum absolute atomic E-state index is 12.8. The zero-order valence-electron chi connectivity index (χ0n) is 10.1. The van der Waals surface area contributed by atoms with E-state index in [1.54, 1.807) is 24.5 Å². The van der Waals surface area contributed by atoms with Gasteiger partial charge in [0.15, 0.2) is 0 Å². The first-order valence-electron chi connectivity index (χ1n) is 5.86. The number of nitrogen functional groups attached to an aromatic ring is 1. The van der Waals surface area contributed by atoms with Crippen LogP contribution in [0.15, 0.2) is 53.1 Å². The third-order valence-electron chi connectivity index (χ3n) is 2.89. The van der Waals surface area contributed by atoms with Gasteiger partial charge < -0.3 is 14.9 Å². The summed E-state index contributed by atoms with van der Waals surface area (Å²) in [6, 6.07) is 11.4. The molecule has 0 fully saturated rings. The van der Waals surface area contributed by atoms with Crippen molar-refractivity contribution in [2.75, 3.05) is 5.73 Å². The summed E-state index contributed by atoms with van der Waals surface area (Å²) in [5.41, 5.74) is 8.11. The van der Waals surface area contributed by atoms with E-state index in [1.807, 2.05) is 12.1 Å². The van der Waals surface area contributed by atoms with Crippen molar-refractivity contribution in [3.05, 3.63) is 60.1 Å². The number of anilines is 1. The van der Waals surface area contributed by atoms with Crippen LogP contribution in [0.3, 0.4) is 0 Å². The Kier molecular flexibility index (Phi) is 2.83. The number of halogens is 1. The second-order valence-electron chi connectivity index (χ2n) is 4.26. The van der Waals surface area contributed by atoms with E-state index in [0.29, 0.717) is 18.0 Å². The summed E-state index contributed by atoms with van der Waals surface area (Å²) < 4.78 is 23.8. The predicted octanol–water partition coefficient (Wildman–Crippen LogP) is 3.73. The number of nitrogens with two attached hydrogens (primary N) is 1. The van der Waals surface area contributed by atoms with Gasteiger partial charge in [-0.3, -0.25) is 0 Å². The summed E-state index contributed by atoms with van der Waals surface area (Å²) in [4.78, 5) is 0. The molecule has 0 saturated heterocycles. The van der Waals surface area contributed by atoms with Gasteiger partial charge in [0.25, 0.3) is 0 Å². The van der Waals surface area contributed by atoms with Gasteiger partial charge >= 0.3 is 0 Å². The van der Waals surface area contributed by atoms with E-state index in [4.69, 9.17) is 14.9 Å². The quantitative estimate of drug-likeness (QED) is 0.727. The number of rotatable bonds is 3. The molecule has 0 atom stereocenters. The molecule has 1 aromatic heterocycles. The zero-order valence-corrected chi connectivity index (χ0v) is 10.1. The molecular formula is C15H12FNO2. The van der Waals surface area contributed by atoms with Crippen LogP contribution in [0, 0.1) is 5.82 Å². The van der Waals surface area contributed by atoms with E-state index in [0.717, 1.165) is 16.5 Å². The minimum absolute atomic E-state index is 0.283. The van der Waals surface area contributed by atoms with Gasteiger partial charge in [0, 0.05) is 16.6 Å². The summed E-state index contributed by atoms with van der Waals surface area (Å²) in [5, 5.41) is 0.933. The highest BCUT2D eigenvalue weighted by molar-refractivity contribution is 5.84. The number of hydrogen-bond acceptors (Lipinski definition) is 3. The zero-order chi connectivity index (χ0) is 13.2. The number of benzene rings is 2. The van der Waals surface area contributed by atoms with E-state index in [9.17, 15) is 4.39 Å². The third kappa shape index (κ3) is 2.38. The molecule has 1 heterocycles. The van der Waals surface area contributed by atoms with Gasteiger partial charge in [-0.15, -0.1) is 0 Å². The highest BCUT2D eigenvalue weighted by Crippen LogP contribution is 2.24. The highest BCUT2D eigenvalue weighted by atomic mass is 19.1. The molecule has 0 spiro atoms. The maximum Gasteiger partial charge on any atom is 0.134 e. The molecular weight excluding hydrogens is 245 g/mol. The van der Waals surface area contributed by atoms with E-state index in [2.05, 4.69) is 0 Å². The molecule has 0 amide bonds. The summed E-state index contributed by atoms with van der Waals surface area (Å²) >= 11 is 0. The van der Waals surface area contributed by atoms with E-state index >= 15 is 0 Å². The Balaban J connectivity index is 1.81. The van der Waals surface area contributed by atoms with E-state index in [1.165, 1.54) is 12.1 Å².